The Morgan fingerprint density at radius 2 is 1.39 bits per heavy atom. The fraction of sp³-hybridized carbons (Fsp3) is 0.0870. The zero-order chi connectivity index (χ0) is 22.2. The van der Waals surface area contributed by atoms with Gasteiger partial charge in [0, 0.05) is 27.6 Å². The third-order valence-corrected chi connectivity index (χ3v) is 6.35. The number of rotatable bonds is 5. The van der Waals surface area contributed by atoms with Crippen LogP contribution in [-0.2, 0) is 9.84 Å². The van der Waals surface area contributed by atoms with E-state index in [4.69, 9.17) is 32.9 Å². The lowest BCUT2D eigenvalue weighted by Gasteiger charge is -2.11. The third-order valence-electron chi connectivity index (χ3n) is 4.72. The average molecular weight is 473 g/mol. The number of ether oxygens (including phenoxy) is 1. The summed E-state index contributed by atoms with van der Waals surface area (Å²) in [6.45, 7) is 1.90. The highest BCUT2D eigenvalue weighted by Gasteiger charge is 2.19. The van der Waals surface area contributed by atoms with Gasteiger partial charge in [0.25, 0.3) is 0 Å². The molecule has 0 bridgehead atoms. The molecule has 0 saturated heterocycles. The molecule has 0 amide bonds. The van der Waals surface area contributed by atoms with Gasteiger partial charge in [-0.25, -0.2) is 8.42 Å². The van der Waals surface area contributed by atoms with Crippen molar-refractivity contribution in [1.29, 1.82) is 0 Å². The van der Waals surface area contributed by atoms with E-state index in [2.05, 4.69) is 0 Å². The van der Waals surface area contributed by atoms with Crippen molar-refractivity contribution in [2.24, 2.45) is 0 Å². The molecule has 0 aliphatic heterocycles. The number of nitrogens with zero attached hydrogens (tertiary/aromatic N) is 2. The normalized spacial score (nSPS) is 11.5. The Labute approximate surface area is 190 Å². The Morgan fingerprint density at radius 1 is 0.839 bits per heavy atom. The predicted octanol–water partition coefficient (Wildman–Crippen LogP) is 6.35. The Hall–Kier alpha value is -2.80. The van der Waals surface area contributed by atoms with E-state index in [1.54, 1.807) is 60.7 Å². The molecular formula is C23H18Cl2N2O3S. The number of benzene rings is 3. The molecule has 0 N–H and O–H groups in total. The molecule has 4 rings (SSSR count). The minimum atomic E-state index is -3.29. The Morgan fingerprint density at radius 3 is 1.94 bits per heavy atom. The van der Waals surface area contributed by atoms with Gasteiger partial charge in [-0.1, -0.05) is 23.2 Å². The van der Waals surface area contributed by atoms with Crippen molar-refractivity contribution in [3.05, 3.63) is 88.5 Å². The number of halogens is 2. The van der Waals surface area contributed by atoms with Gasteiger partial charge in [0.15, 0.2) is 9.84 Å². The van der Waals surface area contributed by atoms with Crippen LogP contribution in [0.4, 0.5) is 0 Å². The van der Waals surface area contributed by atoms with Crippen LogP contribution < -0.4 is 4.74 Å². The molecule has 158 valence electrons. The van der Waals surface area contributed by atoms with Gasteiger partial charge in [-0.15, -0.1) is 0 Å². The molecule has 0 fully saturated rings. The van der Waals surface area contributed by atoms with E-state index in [-0.39, 0.29) is 4.90 Å². The second kappa shape index (κ2) is 8.38. The third kappa shape index (κ3) is 4.61. The summed E-state index contributed by atoms with van der Waals surface area (Å²) in [5, 5.41) is 1.24. The van der Waals surface area contributed by atoms with Gasteiger partial charge in [0.05, 0.1) is 10.6 Å². The summed E-state index contributed by atoms with van der Waals surface area (Å²) in [5.74, 6) is 1.65. The summed E-state index contributed by atoms with van der Waals surface area (Å²) in [6, 6.07) is 21.0. The van der Waals surface area contributed by atoms with Crippen LogP contribution in [0.1, 0.15) is 5.69 Å². The van der Waals surface area contributed by atoms with Gasteiger partial charge in [0.1, 0.15) is 11.6 Å². The number of aromatic nitrogens is 2. The molecule has 0 aliphatic rings. The summed E-state index contributed by atoms with van der Waals surface area (Å²) < 4.78 is 31.6. The van der Waals surface area contributed by atoms with Crippen molar-refractivity contribution in [3.63, 3.8) is 0 Å². The molecule has 3 aromatic carbocycles. The monoisotopic (exact) mass is 472 g/mol. The molecule has 8 heteroatoms. The van der Waals surface area contributed by atoms with E-state index in [9.17, 15) is 8.42 Å². The zero-order valence-electron chi connectivity index (χ0n) is 16.7. The smallest absolute Gasteiger partial charge is 0.241 e. The lowest BCUT2D eigenvalue weighted by Crippen LogP contribution is -2.01. The van der Waals surface area contributed by atoms with Crippen molar-refractivity contribution in [1.82, 2.24) is 9.55 Å². The average Bonchev–Trinajstić information content (AvgIpc) is 3.06. The number of hydrogen-bond donors (Lipinski definition) is 0. The van der Waals surface area contributed by atoms with E-state index in [1.807, 2.05) is 23.6 Å². The first kappa shape index (κ1) is 21.4. The molecule has 1 aromatic heterocycles. The molecular weight excluding hydrogens is 455 g/mol. The topological polar surface area (TPSA) is 61.2 Å². The maximum atomic E-state index is 11.8. The molecule has 0 atom stereocenters. The van der Waals surface area contributed by atoms with E-state index >= 15 is 0 Å². The van der Waals surface area contributed by atoms with Gasteiger partial charge >= 0.3 is 0 Å². The highest BCUT2D eigenvalue weighted by atomic mass is 35.5. The largest absolute Gasteiger partial charge is 0.437 e. The number of sulfone groups is 1. The van der Waals surface area contributed by atoms with Crippen LogP contribution in [0.3, 0.4) is 0 Å². The highest BCUT2D eigenvalue weighted by molar-refractivity contribution is 7.90. The fourth-order valence-corrected chi connectivity index (χ4v) is 4.03. The quantitative estimate of drug-likeness (QED) is 0.339. The molecule has 0 saturated carbocycles. The lowest BCUT2D eigenvalue weighted by atomic mass is 10.2. The van der Waals surface area contributed by atoms with Crippen LogP contribution in [0.2, 0.25) is 10.0 Å². The van der Waals surface area contributed by atoms with Crippen molar-refractivity contribution in [3.8, 4) is 28.7 Å². The van der Waals surface area contributed by atoms with Gasteiger partial charge in [-0.3, -0.25) is 4.57 Å². The molecule has 5 nitrogen and oxygen atoms in total. The van der Waals surface area contributed by atoms with Gasteiger partial charge in [-0.05, 0) is 79.7 Å². The summed E-state index contributed by atoms with van der Waals surface area (Å²) in [6.07, 6.45) is 1.18. The molecule has 4 aromatic rings. The molecule has 31 heavy (non-hydrogen) atoms. The first-order valence-electron chi connectivity index (χ1n) is 9.31. The Kier molecular flexibility index (Phi) is 5.79. The second-order valence-electron chi connectivity index (χ2n) is 6.99. The van der Waals surface area contributed by atoms with Crippen molar-refractivity contribution < 1.29 is 13.2 Å². The van der Waals surface area contributed by atoms with Gasteiger partial charge in [-0.2, -0.15) is 4.98 Å². The van der Waals surface area contributed by atoms with Gasteiger partial charge < -0.3 is 4.74 Å². The van der Waals surface area contributed by atoms with Crippen LogP contribution in [-0.4, -0.2) is 24.2 Å². The summed E-state index contributed by atoms with van der Waals surface area (Å²) >= 11 is 12.0. The Bertz CT molecular complexity index is 1330. The first-order valence-corrected chi connectivity index (χ1v) is 12.0. The molecule has 0 aliphatic carbocycles. The summed E-state index contributed by atoms with van der Waals surface area (Å²) in [7, 11) is -3.29. The van der Waals surface area contributed by atoms with E-state index in [0.717, 1.165) is 16.9 Å². The van der Waals surface area contributed by atoms with Crippen LogP contribution in [0.5, 0.6) is 11.6 Å². The van der Waals surface area contributed by atoms with Crippen LogP contribution in [0.25, 0.3) is 17.1 Å². The summed E-state index contributed by atoms with van der Waals surface area (Å²) in [4.78, 5) is 4.96. The Balaban J connectivity index is 1.84. The van der Waals surface area contributed by atoms with Gasteiger partial charge in [0.2, 0.25) is 5.88 Å². The van der Waals surface area contributed by atoms with Crippen molar-refractivity contribution in [2.75, 3.05) is 6.26 Å². The SMILES string of the molecule is Cc1c(Oc2ccc(Cl)cc2)nc(-c2ccc(S(C)(=O)=O)cc2)n1-c1ccc(Cl)cc1. The van der Waals surface area contributed by atoms with E-state index in [1.165, 1.54) is 6.26 Å². The number of imidazole rings is 1. The van der Waals surface area contributed by atoms with Crippen LogP contribution in [0.15, 0.2) is 77.7 Å². The van der Waals surface area contributed by atoms with Crippen molar-refractivity contribution >= 4 is 33.0 Å². The molecule has 0 spiro atoms. The molecule has 0 radical (unpaired) electrons. The summed E-state index contributed by atoms with van der Waals surface area (Å²) in [5.41, 5.74) is 2.37. The maximum absolute atomic E-state index is 11.8. The maximum Gasteiger partial charge on any atom is 0.241 e. The molecule has 0 unspecified atom stereocenters. The standard InChI is InChI=1S/C23H18Cl2N2O3S/c1-15-23(30-20-11-7-18(25)8-12-20)26-22(27(15)19-9-5-17(24)6-10-19)16-3-13-21(14-4-16)31(2,28)29/h3-14H,1-2H3. The van der Waals surface area contributed by atoms with E-state index < -0.39 is 9.84 Å². The minimum Gasteiger partial charge on any atom is -0.437 e. The zero-order valence-corrected chi connectivity index (χ0v) is 19.0. The van der Waals surface area contributed by atoms with Crippen molar-refractivity contribution in [2.45, 2.75) is 11.8 Å². The minimum absolute atomic E-state index is 0.246. The molecule has 1 heterocycles. The van der Waals surface area contributed by atoms with Crippen LogP contribution >= 0.6 is 23.2 Å². The first-order chi connectivity index (χ1) is 14.7. The number of hydrogen-bond acceptors (Lipinski definition) is 4. The fourth-order valence-electron chi connectivity index (χ4n) is 3.14. The predicted molar refractivity (Wildman–Crippen MR) is 123 cm³/mol. The highest BCUT2D eigenvalue weighted by Crippen LogP contribution is 2.33. The van der Waals surface area contributed by atoms with Crippen LogP contribution in [0, 0.1) is 6.92 Å². The lowest BCUT2D eigenvalue weighted by molar-refractivity contribution is 0.461. The van der Waals surface area contributed by atoms with E-state index in [0.29, 0.717) is 27.5 Å². The second-order valence-corrected chi connectivity index (χ2v) is 9.88.